The van der Waals surface area contributed by atoms with Crippen LogP contribution in [-0.2, 0) is 29.5 Å². The maximum Gasteiger partial charge on any atom is 0.303 e. The van der Waals surface area contributed by atoms with Crippen molar-refractivity contribution in [2.45, 2.75) is 26.4 Å². The molecule has 0 radical (unpaired) electrons. The first-order valence-corrected chi connectivity index (χ1v) is 6.67. The largest absolute Gasteiger partial charge is 0.458 e. The number of carbonyl (C=O) groups excluding carboxylic acids is 3. The van der Waals surface area contributed by atoms with Crippen LogP contribution in [-0.4, -0.2) is 24.3 Å². The van der Waals surface area contributed by atoms with E-state index in [4.69, 9.17) is 9.47 Å². The Morgan fingerprint density at radius 2 is 1.85 bits per heavy atom. The van der Waals surface area contributed by atoms with Crippen molar-refractivity contribution in [3.05, 3.63) is 34.3 Å². The van der Waals surface area contributed by atoms with Gasteiger partial charge in [-0.15, -0.1) is 0 Å². The van der Waals surface area contributed by atoms with Crippen LogP contribution in [0.5, 0.6) is 0 Å². The van der Waals surface area contributed by atoms with Gasteiger partial charge in [-0.2, -0.15) is 0 Å². The van der Waals surface area contributed by atoms with Crippen molar-refractivity contribution in [1.82, 2.24) is 0 Å². The van der Waals surface area contributed by atoms with E-state index >= 15 is 0 Å². The Hall–Kier alpha value is -1.69. The molecule has 0 saturated carbocycles. The number of Topliss-reactive ketones (excluding diaryl/α,β-unsaturated/α-hetero) is 1. The van der Waals surface area contributed by atoms with E-state index < -0.39 is 29.9 Å². The molecule has 0 aliphatic rings. The fourth-order valence-electron chi connectivity index (χ4n) is 1.65. The SMILES string of the molecule is CC(=O)OCC(=O)C(C)(OC(C)=O)c1cccc(Br)c1. The Morgan fingerprint density at radius 3 is 2.35 bits per heavy atom. The lowest BCUT2D eigenvalue weighted by molar-refractivity contribution is -0.168. The van der Waals surface area contributed by atoms with Gasteiger partial charge in [0.05, 0.1) is 0 Å². The number of halogens is 1. The lowest BCUT2D eigenvalue weighted by Crippen LogP contribution is -2.40. The van der Waals surface area contributed by atoms with E-state index in [-0.39, 0.29) is 0 Å². The maximum absolute atomic E-state index is 12.2. The summed E-state index contributed by atoms with van der Waals surface area (Å²) in [4.78, 5) is 34.3. The predicted octanol–water partition coefficient (Wildman–Crippen LogP) is 2.36. The van der Waals surface area contributed by atoms with E-state index in [1.807, 2.05) is 0 Å². The number of ketones is 1. The maximum atomic E-state index is 12.2. The Morgan fingerprint density at radius 1 is 1.20 bits per heavy atom. The molecule has 6 heteroatoms. The third kappa shape index (κ3) is 4.16. The summed E-state index contributed by atoms with van der Waals surface area (Å²) in [6, 6.07) is 6.85. The third-order valence-corrected chi connectivity index (χ3v) is 3.16. The second-order valence-electron chi connectivity index (χ2n) is 4.34. The molecule has 0 saturated heterocycles. The quantitative estimate of drug-likeness (QED) is 0.768. The average Bonchev–Trinajstić information content (AvgIpc) is 2.34. The van der Waals surface area contributed by atoms with Crippen molar-refractivity contribution in [1.29, 1.82) is 0 Å². The highest BCUT2D eigenvalue weighted by atomic mass is 79.9. The van der Waals surface area contributed by atoms with Crippen LogP contribution in [0.2, 0.25) is 0 Å². The van der Waals surface area contributed by atoms with Gasteiger partial charge in [0, 0.05) is 23.9 Å². The summed E-state index contributed by atoms with van der Waals surface area (Å²) in [6.07, 6.45) is 0. The standard InChI is InChI=1S/C14H15BrO5/c1-9(16)19-8-13(18)14(3,20-10(2)17)11-5-4-6-12(15)7-11/h4-7H,8H2,1-3H3. The molecule has 0 amide bonds. The fourth-order valence-corrected chi connectivity index (χ4v) is 2.05. The Labute approximate surface area is 125 Å². The molecule has 0 aliphatic carbocycles. The second kappa shape index (κ2) is 6.65. The molecule has 0 aliphatic heterocycles. The zero-order valence-corrected chi connectivity index (χ0v) is 13.0. The van der Waals surface area contributed by atoms with Gasteiger partial charge in [-0.1, -0.05) is 28.1 Å². The summed E-state index contributed by atoms with van der Waals surface area (Å²) in [6.45, 7) is 3.44. The van der Waals surface area contributed by atoms with Crippen LogP contribution >= 0.6 is 15.9 Å². The van der Waals surface area contributed by atoms with Gasteiger partial charge in [0.1, 0.15) is 0 Å². The molecule has 0 aromatic heterocycles. The summed E-state index contributed by atoms with van der Waals surface area (Å²) in [5.41, 5.74) is -0.996. The van der Waals surface area contributed by atoms with Crippen molar-refractivity contribution in [2.24, 2.45) is 0 Å². The monoisotopic (exact) mass is 342 g/mol. The molecule has 20 heavy (non-hydrogen) atoms. The highest BCUT2D eigenvalue weighted by Gasteiger charge is 2.39. The number of benzene rings is 1. The van der Waals surface area contributed by atoms with Crippen LogP contribution in [0, 0.1) is 0 Å². The van der Waals surface area contributed by atoms with Crippen LogP contribution in [0.3, 0.4) is 0 Å². The van der Waals surface area contributed by atoms with E-state index in [0.29, 0.717) is 5.56 Å². The minimum absolute atomic E-state index is 0.453. The summed E-state index contributed by atoms with van der Waals surface area (Å²) in [5.74, 6) is -1.68. The van der Waals surface area contributed by atoms with Crippen molar-refractivity contribution >= 4 is 33.7 Å². The van der Waals surface area contributed by atoms with E-state index in [9.17, 15) is 14.4 Å². The predicted molar refractivity (Wildman–Crippen MR) is 74.9 cm³/mol. The number of carbonyl (C=O) groups is 3. The smallest absolute Gasteiger partial charge is 0.303 e. The van der Waals surface area contributed by atoms with Gasteiger partial charge in [0.2, 0.25) is 5.78 Å². The van der Waals surface area contributed by atoms with Gasteiger partial charge < -0.3 is 9.47 Å². The fraction of sp³-hybridized carbons (Fsp3) is 0.357. The zero-order valence-electron chi connectivity index (χ0n) is 11.4. The highest BCUT2D eigenvalue weighted by Crippen LogP contribution is 2.29. The molecular formula is C14H15BrO5. The van der Waals surface area contributed by atoms with Crippen LogP contribution in [0.4, 0.5) is 0 Å². The van der Waals surface area contributed by atoms with E-state index in [0.717, 1.165) is 4.47 Å². The first-order valence-electron chi connectivity index (χ1n) is 5.88. The Kier molecular flexibility index (Phi) is 5.44. The Balaban J connectivity index is 3.11. The van der Waals surface area contributed by atoms with Gasteiger partial charge in [-0.25, -0.2) is 0 Å². The molecule has 0 N–H and O–H groups in total. The average molecular weight is 343 g/mol. The normalized spacial score (nSPS) is 13.2. The lowest BCUT2D eigenvalue weighted by Gasteiger charge is -2.28. The number of esters is 2. The molecule has 1 aromatic rings. The van der Waals surface area contributed by atoms with Gasteiger partial charge in [-0.05, 0) is 19.1 Å². The first-order chi connectivity index (χ1) is 9.25. The zero-order chi connectivity index (χ0) is 15.3. The second-order valence-corrected chi connectivity index (χ2v) is 5.26. The molecule has 0 bridgehead atoms. The number of ether oxygens (including phenoxy) is 2. The first kappa shape index (κ1) is 16.4. The minimum atomic E-state index is -1.49. The summed E-state index contributed by atoms with van der Waals surface area (Å²) in [7, 11) is 0. The molecule has 1 unspecified atom stereocenters. The molecule has 1 rings (SSSR count). The number of rotatable bonds is 5. The molecule has 0 heterocycles. The van der Waals surface area contributed by atoms with Crippen molar-refractivity contribution in [3.63, 3.8) is 0 Å². The molecule has 0 spiro atoms. The number of hydrogen-bond acceptors (Lipinski definition) is 5. The van der Waals surface area contributed by atoms with Gasteiger partial charge in [-0.3, -0.25) is 14.4 Å². The summed E-state index contributed by atoms with van der Waals surface area (Å²) >= 11 is 3.30. The van der Waals surface area contributed by atoms with Crippen molar-refractivity contribution in [3.8, 4) is 0 Å². The molecule has 1 atom stereocenters. The van der Waals surface area contributed by atoms with E-state index in [1.54, 1.807) is 24.3 Å². The molecular weight excluding hydrogens is 328 g/mol. The van der Waals surface area contributed by atoms with Crippen LogP contribution < -0.4 is 0 Å². The van der Waals surface area contributed by atoms with Gasteiger partial charge >= 0.3 is 11.9 Å². The van der Waals surface area contributed by atoms with Crippen LogP contribution in [0.25, 0.3) is 0 Å². The lowest BCUT2D eigenvalue weighted by atomic mass is 9.91. The van der Waals surface area contributed by atoms with E-state index in [2.05, 4.69) is 15.9 Å². The van der Waals surface area contributed by atoms with E-state index in [1.165, 1.54) is 20.8 Å². The summed E-state index contributed by atoms with van der Waals surface area (Å²) in [5, 5.41) is 0. The molecule has 1 aromatic carbocycles. The molecule has 0 fully saturated rings. The van der Waals surface area contributed by atoms with Gasteiger partial charge in [0.15, 0.2) is 12.2 Å². The molecule has 5 nitrogen and oxygen atoms in total. The van der Waals surface area contributed by atoms with Crippen LogP contribution in [0.1, 0.15) is 26.3 Å². The summed E-state index contributed by atoms with van der Waals surface area (Å²) < 4.78 is 10.6. The third-order valence-electron chi connectivity index (χ3n) is 2.66. The van der Waals surface area contributed by atoms with Crippen molar-refractivity contribution in [2.75, 3.05) is 6.61 Å². The van der Waals surface area contributed by atoms with Crippen molar-refractivity contribution < 1.29 is 23.9 Å². The van der Waals surface area contributed by atoms with Crippen LogP contribution in [0.15, 0.2) is 28.7 Å². The topological polar surface area (TPSA) is 69.7 Å². The Bertz CT molecular complexity index is 540. The highest BCUT2D eigenvalue weighted by molar-refractivity contribution is 9.10. The molecule has 108 valence electrons. The minimum Gasteiger partial charge on any atom is -0.458 e. The number of hydrogen-bond donors (Lipinski definition) is 0. The van der Waals surface area contributed by atoms with Gasteiger partial charge in [0.25, 0.3) is 0 Å².